The molecule has 20 heavy (non-hydrogen) atoms. The molecule has 1 aromatic carbocycles. The van der Waals surface area contributed by atoms with Crippen LogP contribution in [0.1, 0.15) is 38.7 Å². The third kappa shape index (κ3) is 4.00. The summed E-state index contributed by atoms with van der Waals surface area (Å²) in [7, 11) is 0. The second-order valence-electron chi connectivity index (χ2n) is 5.66. The van der Waals surface area contributed by atoms with E-state index in [-0.39, 0.29) is 0 Å². The number of halogens is 2. The molecule has 1 aromatic rings. The Morgan fingerprint density at radius 3 is 2.50 bits per heavy atom. The first-order valence-corrected chi connectivity index (χ1v) is 7.54. The summed E-state index contributed by atoms with van der Waals surface area (Å²) in [5.74, 6) is -0.985. The molecule has 2 nitrogen and oxygen atoms in total. The van der Waals surface area contributed by atoms with Gasteiger partial charge >= 0.3 is 0 Å². The van der Waals surface area contributed by atoms with E-state index in [4.69, 9.17) is 0 Å². The SMILES string of the molecule is CCCC1CN(Cc2cc(F)cc(F)c2)C(CC)CN1. The zero-order valence-electron chi connectivity index (χ0n) is 12.3. The van der Waals surface area contributed by atoms with Gasteiger partial charge in [-0.1, -0.05) is 20.3 Å². The van der Waals surface area contributed by atoms with E-state index in [2.05, 4.69) is 24.1 Å². The maximum absolute atomic E-state index is 13.3. The van der Waals surface area contributed by atoms with E-state index in [1.54, 1.807) is 0 Å². The van der Waals surface area contributed by atoms with E-state index in [1.807, 2.05) is 0 Å². The van der Waals surface area contributed by atoms with Crippen molar-refractivity contribution >= 4 is 0 Å². The van der Waals surface area contributed by atoms with Crippen molar-refractivity contribution < 1.29 is 8.78 Å². The highest BCUT2D eigenvalue weighted by Gasteiger charge is 2.26. The number of nitrogens with one attached hydrogen (secondary N) is 1. The van der Waals surface area contributed by atoms with Crippen LogP contribution in [0.2, 0.25) is 0 Å². The van der Waals surface area contributed by atoms with Crippen LogP contribution in [0.25, 0.3) is 0 Å². The Labute approximate surface area is 120 Å². The molecule has 2 unspecified atom stereocenters. The van der Waals surface area contributed by atoms with Gasteiger partial charge in [0, 0.05) is 37.8 Å². The van der Waals surface area contributed by atoms with Crippen LogP contribution in [0.3, 0.4) is 0 Å². The first-order valence-electron chi connectivity index (χ1n) is 7.54. The third-order valence-electron chi connectivity index (χ3n) is 4.03. The molecule has 1 heterocycles. The monoisotopic (exact) mass is 282 g/mol. The summed E-state index contributed by atoms with van der Waals surface area (Å²) < 4.78 is 26.6. The molecule has 1 aliphatic rings. The first-order chi connectivity index (χ1) is 9.62. The Kier molecular flexibility index (Phi) is 5.49. The van der Waals surface area contributed by atoms with Gasteiger partial charge in [0.25, 0.3) is 0 Å². The van der Waals surface area contributed by atoms with Crippen molar-refractivity contribution in [2.75, 3.05) is 13.1 Å². The average Bonchev–Trinajstić information content (AvgIpc) is 2.38. The minimum atomic E-state index is -0.492. The van der Waals surface area contributed by atoms with E-state index in [9.17, 15) is 8.78 Å². The molecule has 0 aromatic heterocycles. The molecule has 0 aliphatic carbocycles. The molecule has 112 valence electrons. The van der Waals surface area contributed by atoms with Gasteiger partial charge in [-0.15, -0.1) is 0 Å². The molecule has 0 bridgehead atoms. The Morgan fingerprint density at radius 2 is 1.90 bits per heavy atom. The van der Waals surface area contributed by atoms with Gasteiger partial charge < -0.3 is 5.32 Å². The largest absolute Gasteiger partial charge is 0.311 e. The molecule has 0 spiro atoms. The molecule has 0 radical (unpaired) electrons. The van der Waals surface area contributed by atoms with Crippen molar-refractivity contribution in [3.8, 4) is 0 Å². The van der Waals surface area contributed by atoms with Gasteiger partial charge in [0.05, 0.1) is 0 Å². The molecule has 0 amide bonds. The van der Waals surface area contributed by atoms with Crippen molar-refractivity contribution in [1.82, 2.24) is 10.2 Å². The topological polar surface area (TPSA) is 15.3 Å². The van der Waals surface area contributed by atoms with Gasteiger partial charge in [-0.05, 0) is 30.5 Å². The van der Waals surface area contributed by atoms with Gasteiger partial charge in [-0.2, -0.15) is 0 Å². The molecule has 0 saturated carbocycles. The van der Waals surface area contributed by atoms with Crippen molar-refractivity contribution in [3.63, 3.8) is 0 Å². The zero-order valence-corrected chi connectivity index (χ0v) is 12.3. The number of rotatable bonds is 5. The Balaban J connectivity index is 2.06. The standard InChI is InChI=1S/C16H24F2N2/c1-3-5-15-11-20(16(4-2)9-19-15)10-12-6-13(17)8-14(18)7-12/h6-8,15-16,19H,3-5,9-11H2,1-2H3. The van der Waals surface area contributed by atoms with Crippen molar-refractivity contribution in [2.45, 2.75) is 51.7 Å². The lowest BCUT2D eigenvalue weighted by Crippen LogP contribution is -2.55. The lowest BCUT2D eigenvalue weighted by Gasteiger charge is -2.40. The minimum absolute atomic E-state index is 0.439. The van der Waals surface area contributed by atoms with E-state index < -0.39 is 11.6 Å². The fraction of sp³-hybridized carbons (Fsp3) is 0.625. The number of hydrogen-bond donors (Lipinski definition) is 1. The van der Waals surface area contributed by atoms with E-state index in [0.29, 0.717) is 18.6 Å². The van der Waals surface area contributed by atoms with Gasteiger partial charge in [-0.25, -0.2) is 8.78 Å². The van der Waals surface area contributed by atoms with Gasteiger partial charge in [0.2, 0.25) is 0 Å². The maximum atomic E-state index is 13.3. The molecule has 1 saturated heterocycles. The summed E-state index contributed by atoms with van der Waals surface area (Å²) in [6.45, 7) is 6.87. The van der Waals surface area contributed by atoms with Crippen LogP contribution in [0.5, 0.6) is 0 Å². The average molecular weight is 282 g/mol. The lowest BCUT2D eigenvalue weighted by atomic mass is 10.0. The number of benzene rings is 1. The quantitative estimate of drug-likeness (QED) is 0.891. The minimum Gasteiger partial charge on any atom is -0.311 e. The van der Waals surface area contributed by atoms with Crippen molar-refractivity contribution in [1.29, 1.82) is 0 Å². The summed E-state index contributed by atoms with van der Waals surface area (Å²) in [6.07, 6.45) is 3.34. The predicted octanol–water partition coefficient (Wildman–Crippen LogP) is 3.32. The Hall–Kier alpha value is -1.00. The Morgan fingerprint density at radius 1 is 1.20 bits per heavy atom. The van der Waals surface area contributed by atoms with Gasteiger partial charge in [0.15, 0.2) is 0 Å². The number of nitrogens with zero attached hydrogens (tertiary/aromatic N) is 1. The maximum Gasteiger partial charge on any atom is 0.126 e. The number of piperazine rings is 1. The molecular formula is C16H24F2N2. The van der Waals surface area contributed by atoms with Crippen LogP contribution in [0.4, 0.5) is 8.78 Å². The highest BCUT2D eigenvalue weighted by molar-refractivity contribution is 5.18. The summed E-state index contributed by atoms with van der Waals surface area (Å²) in [5.41, 5.74) is 0.720. The summed E-state index contributed by atoms with van der Waals surface area (Å²) >= 11 is 0. The van der Waals surface area contributed by atoms with E-state index in [1.165, 1.54) is 12.1 Å². The normalized spacial score (nSPS) is 24.0. The fourth-order valence-electron chi connectivity index (χ4n) is 3.00. The highest BCUT2D eigenvalue weighted by Crippen LogP contribution is 2.18. The van der Waals surface area contributed by atoms with Crippen molar-refractivity contribution in [2.24, 2.45) is 0 Å². The molecule has 2 rings (SSSR count). The smallest absolute Gasteiger partial charge is 0.126 e. The van der Waals surface area contributed by atoms with Crippen LogP contribution in [0.15, 0.2) is 18.2 Å². The summed E-state index contributed by atoms with van der Waals surface area (Å²) in [4.78, 5) is 2.35. The van der Waals surface area contributed by atoms with Crippen LogP contribution in [-0.4, -0.2) is 30.1 Å². The van der Waals surface area contributed by atoms with Crippen LogP contribution < -0.4 is 5.32 Å². The Bertz CT molecular complexity index is 416. The predicted molar refractivity (Wildman–Crippen MR) is 77.5 cm³/mol. The third-order valence-corrected chi connectivity index (χ3v) is 4.03. The van der Waals surface area contributed by atoms with Crippen LogP contribution in [-0.2, 0) is 6.54 Å². The van der Waals surface area contributed by atoms with Gasteiger partial charge in [-0.3, -0.25) is 4.90 Å². The lowest BCUT2D eigenvalue weighted by molar-refractivity contribution is 0.115. The van der Waals surface area contributed by atoms with Gasteiger partial charge in [0.1, 0.15) is 11.6 Å². The van der Waals surface area contributed by atoms with Crippen LogP contribution >= 0.6 is 0 Å². The molecule has 1 fully saturated rings. The molecule has 1 aliphatic heterocycles. The van der Waals surface area contributed by atoms with Crippen molar-refractivity contribution in [3.05, 3.63) is 35.4 Å². The molecular weight excluding hydrogens is 258 g/mol. The first kappa shape index (κ1) is 15.4. The van der Waals surface area contributed by atoms with E-state index in [0.717, 1.165) is 44.0 Å². The second kappa shape index (κ2) is 7.14. The molecule has 4 heteroatoms. The summed E-state index contributed by atoms with van der Waals surface area (Å²) in [5, 5.41) is 3.57. The summed E-state index contributed by atoms with van der Waals surface area (Å²) in [6, 6.07) is 4.73. The number of hydrogen-bond acceptors (Lipinski definition) is 2. The molecule has 2 atom stereocenters. The zero-order chi connectivity index (χ0) is 14.5. The fourth-order valence-corrected chi connectivity index (χ4v) is 3.00. The second-order valence-corrected chi connectivity index (χ2v) is 5.66. The highest BCUT2D eigenvalue weighted by atomic mass is 19.1. The molecule has 1 N–H and O–H groups in total. The van der Waals surface area contributed by atoms with E-state index >= 15 is 0 Å². The van der Waals surface area contributed by atoms with Crippen LogP contribution in [0, 0.1) is 11.6 Å².